The van der Waals surface area contributed by atoms with Crippen LogP contribution in [0.2, 0.25) is 0 Å². The summed E-state index contributed by atoms with van der Waals surface area (Å²) in [5.74, 6) is 0. The number of benzene rings is 1. The number of aliphatic hydroxyl groups is 1. The van der Waals surface area contributed by atoms with Crippen LogP contribution in [-0.4, -0.2) is 30.4 Å². The molecule has 18 heavy (non-hydrogen) atoms. The van der Waals surface area contributed by atoms with Crippen LogP contribution in [0.25, 0.3) is 0 Å². The van der Waals surface area contributed by atoms with Gasteiger partial charge in [-0.25, -0.2) is 0 Å². The number of hydrogen-bond acceptors (Lipinski definition) is 3. The van der Waals surface area contributed by atoms with Crippen LogP contribution in [0.5, 0.6) is 0 Å². The fraction of sp³-hybridized carbons (Fsp3) is 0.467. The third-order valence-electron chi connectivity index (χ3n) is 2.84. The first-order valence-electron chi connectivity index (χ1n) is 6.34. The van der Waals surface area contributed by atoms with Crippen LogP contribution >= 0.6 is 0 Å². The lowest BCUT2D eigenvalue weighted by Crippen LogP contribution is -2.35. The van der Waals surface area contributed by atoms with Gasteiger partial charge in [0.15, 0.2) is 0 Å². The van der Waals surface area contributed by atoms with E-state index in [0.717, 1.165) is 5.56 Å². The van der Waals surface area contributed by atoms with Gasteiger partial charge in [0.2, 0.25) is 0 Å². The van der Waals surface area contributed by atoms with Crippen molar-refractivity contribution in [3.05, 3.63) is 48.6 Å². The van der Waals surface area contributed by atoms with Crippen molar-refractivity contribution in [1.29, 1.82) is 0 Å². The van der Waals surface area contributed by atoms with Gasteiger partial charge < -0.3 is 15.2 Å². The van der Waals surface area contributed by atoms with Gasteiger partial charge in [-0.15, -0.1) is 6.58 Å². The van der Waals surface area contributed by atoms with Gasteiger partial charge in [0.05, 0.1) is 18.8 Å². The molecule has 2 N–H and O–H groups in total. The van der Waals surface area contributed by atoms with E-state index in [0.29, 0.717) is 13.2 Å². The van der Waals surface area contributed by atoms with E-state index in [1.807, 2.05) is 44.2 Å². The van der Waals surface area contributed by atoms with Crippen LogP contribution in [0.3, 0.4) is 0 Å². The molecule has 1 aromatic carbocycles. The maximum Gasteiger partial charge on any atom is 0.0898 e. The quantitative estimate of drug-likeness (QED) is 0.695. The zero-order valence-corrected chi connectivity index (χ0v) is 11.2. The molecule has 0 aliphatic rings. The van der Waals surface area contributed by atoms with Crippen LogP contribution in [0.4, 0.5) is 0 Å². The number of hydrogen-bond donors (Lipinski definition) is 2. The molecule has 0 amide bonds. The second-order valence-electron chi connectivity index (χ2n) is 4.47. The number of aliphatic hydroxyl groups excluding tert-OH is 1. The summed E-state index contributed by atoms with van der Waals surface area (Å²) in [6, 6.07) is 10.2. The molecular weight excluding hydrogens is 226 g/mol. The normalized spacial score (nSPS) is 15.9. The first kappa shape index (κ1) is 14.9. The van der Waals surface area contributed by atoms with Crippen molar-refractivity contribution >= 4 is 0 Å². The van der Waals surface area contributed by atoms with Gasteiger partial charge >= 0.3 is 0 Å². The summed E-state index contributed by atoms with van der Waals surface area (Å²) in [5, 5.41) is 12.9. The van der Waals surface area contributed by atoms with E-state index in [2.05, 4.69) is 11.9 Å². The van der Waals surface area contributed by atoms with Gasteiger partial charge in [0, 0.05) is 12.6 Å². The summed E-state index contributed by atoms with van der Waals surface area (Å²) in [4.78, 5) is 0. The highest BCUT2D eigenvalue weighted by molar-refractivity contribution is 5.16. The Morgan fingerprint density at radius 1 is 1.33 bits per heavy atom. The lowest BCUT2D eigenvalue weighted by atomic mass is 10.1. The molecule has 3 atom stereocenters. The highest BCUT2D eigenvalue weighted by atomic mass is 16.5. The topological polar surface area (TPSA) is 41.5 Å². The number of rotatable bonds is 8. The summed E-state index contributed by atoms with van der Waals surface area (Å²) >= 11 is 0. The second kappa shape index (κ2) is 8.03. The van der Waals surface area contributed by atoms with Crippen molar-refractivity contribution in [2.45, 2.75) is 32.1 Å². The lowest BCUT2D eigenvalue weighted by Gasteiger charge is -2.18. The Morgan fingerprint density at radius 3 is 2.61 bits per heavy atom. The third kappa shape index (κ3) is 5.45. The second-order valence-corrected chi connectivity index (χ2v) is 4.47. The van der Waals surface area contributed by atoms with Gasteiger partial charge in [-0.2, -0.15) is 0 Å². The van der Waals surface area contributed by atoms with Crippen molar-refractivity contribution < 1.29 is 9.84 Å². The molecule has 0 aliphatic carbocycles. The Bertz CT molecular complexity index is 340. The number of nitrogens with one attached hydrogen (secondary N) is 1. The molecule has 0 aromatic heterocycles. The summed E-state index contributed by atoms with van der Waals surface area (Å²) in [6.45, 7) is 8.49. The predicted molar refractivity (Wildman–Crippen MR) is 74.5 cm³/mol. The van der Waals surface area contributed by atoms with Crippen LogP contribution in [0.1, 0.15) is 25.5 Å². The Hall–Kier alpha value is -1.16. The van der Waals surface area contributed by atoms with Gasteiger partial charge in [-0.05, 0) is 19.4 Å². The minimum Gasteiger partial charge on any atom is -0.389 e. The van der Waals surface area contributed by atoms with Gasteiger partial charge in [-0.3, -0.25) is 0 Å². The van der Waals surface area contributed by atoms with E-state index in [-0.39, 0.29) is 12.1 Å². The van der Waals surface area contributed by atoms with E-state index in [1.165, 1.54) is 0 Å². The van der Waals surface area contributed by atoms with Crippen LogP contribution in [0, 0.1) is 0 Å². The maximum atomic E-state index is 9.77. The van der Waals surface area contributed by atoms with E-state index < -0.39 is 6.10 Å². The Kier molecular flexibility index (Phi) is 6.65. The molecule has 100 valence electrons. The molecular formula is C15H23NO2. The van der Waals surface area contributed by atoms with E-state index in [4.69, 9.17) is 4.74 Å². The largest absolute Gasteiger partial charge is 0.389 e. The van der Waals surface area contributed by atoms with Gasteiger partial charge in [-0.1, -0.05) is 36.4 Å². The predicted octanol–water partition coefficient (Wildman–Crippen LogP) is 2.29. The summed E-state index contributed by atoms with van der Waals surface area (Å²) in [6.07, 6.45) is 1.30. The van der Waals surface area contributed by atoms with Gasteiger partial charge in [0.25, 0.3) is 0 Å². The molecule has 3 nitrogen and oxygen atoms in total. The molecule has 0 saturated heterocycles. The lowest BCUT2D eigenvalue weighted by molar-refractivity contribution is -0.00235. The van der Waals surface area contributed by atoms with E-state index >= 15 is 0 Å². The zero-order valence-electron chi connectivity index (χ0n) is 11.2. The third-order valence-corrected chi connectivity index (χ3v) is 2.84. The van der Waals surface area contributed by atoms with Crippen molar-refractivity contribution in [3.8, 4) is 0 Å². The molecule has 1 rings (SSSR count). The Morgan fingerprint density at radius 2 is 2.00 bits per heavy atom. The molecule has 0 saturated carbocycles. The molecule has 3 unspecified atom stereocenters. The Labute approximate surface area is 109 Å². The minimum absolute atomic E-state index is 0.00215. The molecule has 0 spiro atoms. The van der Waals surface area contributed by atoms with Crippen molar-refractivity contribution in [1.82, 2.24) is 5.32 Å². The van der Waals surface area contributed by atoms with Crippen molar-refractivity contribution in [2.24, 2.45) is 0 Å². The van der Waals surface area contributed by atoms with Gasteiger partial charge in [0.1, 0.15) is 0 Å². The SMILES string of the molecule is C=CC(C)NCC(O)COC(C)c1ccccc1. The number of ether oxygens (including phenoxy) is 1. The first-order chi connectivity index (χ1) is 8.63. The first-order valence-corrected chi connectivity index (χ1v) is 6.34. The van der Waals surface area contributed by atoms with Crippen molar-refractivity contribution in [3.63, 3.8) is 0 Å². The smallest absolute Gasteiger partial charge is 0.0898 e. The van der Waals surface area contributed by atoms with E-state index in [9.17, 15) is 5.11 Å². The molecule has 0 aliphatic heterocycles. The monoisotopic (exact) mass is 249 g/mol. The molecule has 3 heteroatoms. The molecule has 0 heterocycles. The highest BCUT2D eigenvalue weighted by Gasteiger charge is 2.10. The highest BCUT2D eigenvalue weighted by Crippen LogP contribution is 2.15. The standard InChI is InChI=1S/C15H23NO2/c1-4-12(2)16-10-15(17)11-18-13(3)14-8-6-5-7-9-14/h4-9,12-13,15-17H,1,10-11H2,2-3H3. The molecule has 1 aromatic rings. The summed E-state index contributed by atoms with van der Waals surface area (Å²) < 4.78 is 5.64. The van der Waals surface area contributed by atoms with E-state index in [1.54, 1.807) is 6.08 Å². The van der Waals surface area contributed by atoms with Crippen LogP contribution in [0.15, 0.2) is 43.0 Å². The average molecular weight is 249 g/mol. The Balaban J connectivity index is 2.26. The fourth-order valence-corrected chi connectivity index (χ4v) is 1.54. The van der Waals surface area contributed by atoms with Crippen LogP contribution in [-0.2, 0) is 4.74 Å². The van der Waals surface area contributed by atoms with Crippen LogP contribution < -0.4 is 5.32 Å². The average Bonchev–Trinajstić information content (AvgIpc) is 2.42. The molecule has 0 fully saturated rings. The summed E-state index contributed by atoms with van der Waals surface area (Å²) in [7, 11) is 0. The maximum absolute atomic E-state index is 9.77. The fourth-order valence-electron chi connectivity index (χ4n) is 1.54. The zero-order chi connectivity index (χ0) is 13.4. The molecule has 0 bridgehead atoms. The molecule has 0 radical (unpaired) electrons. The summed E-state index contributed by atoms with van der Waals surface area (Å²) in [5.41, 5.74) is 1.12. The minimum atomic E-state index is -0.501. The van der Waals surface area contributed by atoms with Crippen molar-refractivity contribution in [2.75, 3.05) is 13.2 Å².